The molecule has 0 unspecified atom stereocenters. The third kappa shape index (κ3) is 5.09. The topological polar surface area (TPSA) is 89.4 Å². The van der Waals surface area contributed by atoms with Gasteiger partial charge in [-0.1, -0.05) is 0 Å². The number of carbonyl (C=O) groups is 2. The number of nitrogens with one attached hydrogen (secondary N) is 2. The Bertz CT molecular complexity index is 706. The number of rotatable bonds is 8. The second kappa shape index (κ2) is 9.34. The van der Waals surface area contributed by atoms with Crippen LogP contribution in [0.15, 0.2) is 34.3 Å². The highest BCUT2D eigenvalue weighted by Crippen LogP contribution is 2.05. The van der Waals surface area contributed by atoms with Crippen LogP contribution in [-0.4, -0.2) is 85.6 Å². The third-order valence-electron chi connectivity index (χ3n) is 5.08. The van der Waals surface area contributed by atoms with Crippen molar-refractivity contribution in [2.24, 2.45) is 9.98 Å². The summed E-state index contributed by atoms with van der Waals surface area (Å²) in [6, 6.07) is 6.74. The van der Waals surface area contributed by atoms with Crippen molar-refractivity contribution in [1.29, 1.82) is 0 Å². The average molecular weight is 384 g/mol. The lowest BCUT2D eigenvalue weighted by molar-refractivity contribution is 0.0940. The molecule has 0 spiro atoms. The molecule has 2 amide bonds. The van der Waals surface area contributed by atoms with Crippen LogP contribution >= 0.6 is 0 Å². The van der Waals surface area contributed by atoms with E-state index in [0.717, 1.165) is 50.9 Å². The van der Waals surface area contributed by atoms with Gasteiger partial charge in [-0.05, 0) is 38.1 Å². The lowest BCUT2D eigenvalue weighted by Gasteiger charge is -2.18. The molecule has 0 atom stereocenters. The number of amides is 2. The van der Waals surface area contributed by atoms with Crippen molar-refractivity contribution in [3.8, 4) is 0 Å². The average Bonchev–Trinajstić information content (AvgIpc) is 3.30. The number of amidine groups is 2. The molecule has 2 aliphatic rings. The quantitative estimate of drug-likeness (QED) is 0.687. The minimum absolute atomic E-state index is 0.135. The lowest BCUT2D eigenvalue weighted by Crippen LogP contribution is -2.36. The number of hydrogen-bond acceptors (Lipinski definition) is 6. The number of carbonyl (C=O) groups excluding carboxylic acids is 2. The zero-order valence-corrected chi connectivity index (χ0v) is 16.6. The number of aliphatic imine (C=N–C) groups is 2. The summed E-state index contributed by atoms with van der Waals surface area (Å²) in [5, 5.41) is 5.82. The maximum Gasteiger partial charge on any atom is 0.251 e. The Hall–Kier alpha value is -2.90. The summed E-state index contributed by atoms with van der Waals surface area (Å²) in [6.45, 7) is 10.1. The summed E-state index contributed by atoms with van der Waals surface area (Å²) in [6.07, 6.45) is 0. The van der Waals surface area contributed by atoms with E-state index in [9.17, 15) is 9.59 Å². The van der Waals surface area contributed by atoms with Crippen molar-refractivity contribution in [2.45, 2.75) is 13.8 Å². The van der Waals surface area contributed by atoms with Gasteiger partial charge in [0, 0.05) is 50.4 Å². The van der Waals surface area contributed by atoms with Crippen LogP contribution in [0.2, 0.25) is 0 Å². The fourth-order valence-corrected chi connectivity index (χ4v) is 3.32. The maximum atomic E-state index is 12.3. The maximum absolute atomic E-state index is 12.3. The van der Waals surface area contributed by atoms with Gasteiger partial charge in [0.05, 0.1) is 24.8 Å². The molecule has 2 aliphatic heterocycles. The van der Waals surface area contributed by atoms with Gasteiger partial charge in [-0.2, -0.15) is 0 Å². The normalized spacial score (nSPS) is 16.1. The fraction of sp³-hybridized carbons (Fsp3) is 0.500. The van der Waals surface area contributed by atoms with Crippen LogP contribution in [-0.2, 0) is 0 Å². The van der Waals surface area contributed by atoms with E-state index in [-0.39, 0.29) is 11.8 Å². The molecule has 0 aromatic heterocycles. The molecular formula is C20H28N6O2. The molecule has 28 heavy (non-hydrogen) atoms. The zero-order valence-electron chi connectivity index (χ0n) is 16.6. The van der Waals surface area contributed by atoms with E-state index in [1.165, 1.54) is 0 Å². The van der Waals surface area contributed by atoms with Gasteiger partial charge in [0.2, 0.25) is 0 Å². The molecule has 2 heterocycles. The summed E-state index contributed by atoms with van der Waals surface area (Å²) in [5.74, 6) is 1.78. The summed E-state index contributed by atoms with van der Waals surface area (Å²) < 4.78 is 0. The van der Waals surface area contributed by atoms with E-state index in [1.54, 1.807) is 24.3 Å². The second-order valence-electron chi connectivity index (χ2n) is 6.92. The van der Waals surface area contributed by atoms with Gasteiger partial charge < -0.3 is 20.4 Å². The summed E-state index contributed by atoms with van der Waals surface area (Å²) in [7, 11) is 0. The van der Waals surface area contributed by atoms with Crippen molar-refractivity contribution in [2.75, 3.05) is 52.4 Å². The van der Waals surface area contributed by atoms with Crippen molar-refractivity contribution in [1.82, 2.24) is 20.4 Å². The number of hydrogen-bond donors (Lipinski definition) is 2. The molecule has 3 rings (SSSR count). The third-order valence-corrected chi connectivity index (χ3v) is 5.08. The first-order valence-corrected chi connectivity index (χ1v) is 9.73. The van der Waals surface area contributed by atoms with E-state index < -0.39 is 0 Å². The van der Waals surface area contributed by atoms with Crippen LogP contribution in [0, 0.1) is 0 Å². The molecule has 150 valence electrons. The van der Waals surface area contributed by atoms with Crippen LogP contribution in [0.4, 0.5) is 0 Å². The molecule has 0 fully saturated rings. The summed E-state index contributed by atoms with van der Waals surface area (Å²) >= 11 is 0. The van der Waals surface area contributed by atoms with Crippen LogP contribution < -0.4 is 10.6 Å². The molecule has 0 bridgehead atoms. The minimum atomic E-state index is -0.135. The predicted octanol–water partition coefficient (Wildman–Crippen LogP) is 0.614. The highest BCUT2D eigenvalue weighted by molar-refractivity contribution is 5.97. The van der Waals surface area contributed by atoms with Gasteiger partial charge in [0.1, 0.15) is 0 Å². The largest absolute Gasteiger partial charge is 0.357 e. The highest BCUT2D eigenvalue weighted by atomic mass is 16.2. The Kier molecular flexibility index (Phi) is 6.62. The molecule has 1 aromatic rings. The highest BCUT2D eigenvalue weighted by Gasteiger charge is 2.14. The number of nitrogens with zero attached hydrogens (tertiary/aromatic N) is 4. The van der Waals surface area contributed by atoms with Crippen LogP contribution in [0.25, 0.3) is 0 Å². The first-order chi connectivity index (χ1) is 13.5. The van der Waals surface area contributed by atoms with Crippen molar-refractivity contribution in [3.63, 3.8) is 0 Å². The van der Waals surface area contributed by atoms with Crippen LogP contribution in [0.3, 0.4) is 0 Å². The van der Waals surface area contributed by atoms with E-state index in [4.69, 9.17) is 0 Å². The lowest BCUT2D eigenvalue weighted by atomic mass is 10.1. The van der Waals surface area contributed by atoms with E-state index >= 15 is 0 Å². The molecule has 0 saturated heterocycles. The predicted molar refractivity (Wildman–Crippen MR) is 110 cm³/mol. The molecule has 0 saturated carbocycles. The molecule has 1 aromatic carbocycles. The van der Waals surface area contributed by atoms with Gasteiger partial charge in [0.15, 0.2) is 0 Å². The first kappa shape index (κ1) is 19.9. The fourth-order valence-electron chi connectivity index (χ4n) is 3.32. The SMILES string of the molecule is CC1=NCCN1CCNC(=O)c1ccc(C(=O)NCCN2CCN=C2C)cc1. The van der Waals surface area contributed by atoms with E-state index in [2.05, 4.69) is 30.4 Å². The first-order valence-electron chi connectivity index (χ1n) is 9.73. The monoisotopic (exact) mass is 384 g/mol. The van der Waals surface area contributed by atoms with Crippen LogP contribution in [0.1, 0.15) is 34.6 Å². The Morgan fingerprint density at radius 2 is 1.21 bits per heavy atom. The minimum Gasteiger partial charge on any atom is -0.357 e. The van der Waals surface area contributed by atoms with Crippen molar-refractivity contribution >= 4 is 23.5 Å². The van der Waals surface area contributed by atoms with E-state index in [0.29, 0.717) is 24.2 Å². The van der Waals surface area contributed by atoms with Gasteiger partial charge >= 0.3 is 0 Å². The van der Waals surface area contributed by atoms with Gasteiger partial charge in [-0.3, -0.25) is 19.6 Å². The molecule has 0 radical (unpaired) electrons. The molecule has 8 nitrogen and oxygen atoms in total. The molecule has 2 N–H and O–H groups in total. The summed E-state index contributed by atoms with van der Waals surface area (Å²) in [4.78, 5) is 37.5. The Balaban J connectivity index is 1.40. The van der Waals surface area contributed by atoms with Crippen molar-refractivity contribution in [3.05, 3.63) is 35.4 Å². The van der Waals surface area contributed by atoms with Crippen molar-refractivity contribution < 1.29 is 9.59 Å². The summed E-state index contributed by atoms with van der Waals surface area (Å²) in [5.41, 5.74) is 1.10. The zero-order chi connectivity index (χ0) is 19.9. The standard InChI is InChI=1S/C20H28N6O2/c1-15-21-7-11-25(15)13-9-23-19(27)17-3-5-18(6-4-17)20(28)24-10-14-26-12-8-22-16(26)2/h3-6H,7-14H2,1-2H3,(H,23,27)(H,24,28). The second-order valence-corrected chi connectivity index (χ2v) is 6.92. The Morgan fingerprint density at radius 1 is 0.821 bits per heavy atom. The van der Waals surface area contributed by atoms with Gasteiger partial charge in [0.25, 0.3) is 11.8 Å². The molecular weight excluding hydrogens is 356 g/mol. The smallest absolute Gasteiger partial charge is 0.251 e. The van der Waals surface area contributed by atoms with Gasteiger partial charge in [-0.25, -0.2) is 0 Å². The molecule has 0 aliphatic carbocycles. The molecule has 8 heteroatoms. The van der Waals surface area contributed by atoms with Gasteiger partial charge in [-0.15, -0.1) is 0 Å². The number of benzene rings is 1. The Morgan fingerprint density at radius 3 is 1.54 bits per heavy atom. The Labute approximate surface area is 165 Å². The van der Waals surface area contributed by atoms with E-state index in [1.807, 2.05) is 13.8 Å². The van der Waals surface area contributed by atoms with Crippen LogP contribution in [0.5, 0.6) is 0 Å².